The van der Waals surface area contributed by atoms with Gasteiger partial charge in [-0.3, -0.25) is 0 Å². The lowest BCUT2D eigenvalue weighted by Crippen LogP contribution is -2.29. The first kappa shape index (κ1) is 12.9. The summed E-state index contributed by atoms with van der Waals surface area (Å²) < 4.78 is 5.79. The summed E-state index contributed by atoms with van der Waals surface area (Å²) in [6.45, 7) is 6.29. The molecule has 1 aromatic rings. The molecule has 1 aliphatic carbocycles. The van der Waals surface area contributed by atoms with E-state index in [1.165, 1.54) is 0 Å². The molecule has 0 heterocycles. The van der Waals surface area contributed by atoms with Gasteiger partial charge in [-0.2, -0.15) is 0 Å². The van der Waals surface area contributed by atoms with Gasteiger partial charge in [-0.15, -0.1) is 0 Å². The predicted molar refractivity (Wildman–Crippen MR) is 69.9 cm³/mol. The maximum absolute atomic E-state index is 11.2. The molecule has 1 fully saturated rings. The number of aryl methyl sites for hydroxylation is 1. The van der Waals surface area contributed by atoms with Gasteiger partial charge in [0.15, 0.2) is 0 Å². The molecule has 1 aliphatic rings. The van der Waals surface area contributed by atoms with Gasteiger partial charge >= 0.3 is 5.97 Å². The highest BCUT2D eigenvalue weighted by molar-refractivity contribution is 5.81. The van der Waals surface area contributed by atoms with Gasteiger partial charge in [0.25, 0.3) is 0 Å². The van der Waals surface area contributed by atoms with E-state index >= 15 is 0 Å². The molecule has 3 heteroatoms. The van der Waals surface area contributed by atoms with Gasteiger partial charge in [-0.25, -0.2) is 4.79 Å². The first-order valence-electron chi connectivity index (χ1n) is 6.45. The highest BCUT2D eigenvalue weighted by Gasteiger charge is 2.53. The van der Waals surface area contributed by atoms with Crippen molar-refractivity contribution in [2.45, 2.75) is 45.6 Å². The fraction of sp³-hybridized carbons (Fsp3) is 0.533. The van der Waals surface area contributed by atoms with Gasteiger partial charge in [0.05, 0.1) is 0 Å². The molecule has 1 N–H and O–H groups in total. The maximum atomic E-state index is 11.2. The summed E-state index contributed by atoms with van der Waals surface area (Å²) in [5.74, 6) is 0.415. The van der Waals surface area contributed by atoms with Crippen LogP contribution in [0.2, 0.25) is 0 Å². The third-order valence-electron chi connectivity index (χ3n) is 3.25. The van der Waals surface area contributed by atoms with Crippen LogP contribution in [0.15, 0.2) is 18.2 Å². The van der Waals surface area contributed by atoms with Crippen molar-refractivity contribution in [2.24, 2.45) is 5.92 Å². The minimum Gasteiger partial charge on any atom is -0.478 e. The lowest BCUT2D eigenvalue weighted by Gasteiger charge is -2.18. The van der Waals surface area contributed by atoms with E-state index in [-0.39, 0.29) is 0 Å². The summed E-state index contributed by atoms with van der Waals surface area (Å²) >= 11 is 0. The van der Waals surface area contributed by atoms with Crippen LogP contribution in [-0.2, 0) is 11.2 Å². The molecule has 1 aromatic carbocycles. The molecular weight excluding hydrogens is 228 g/mol. The van der Waals surface area contributed by atoms with E-state index in [0.29, 0.717) is 18.8 Å². The van der Waals surface area contributed by atoms with Gasteiger partial charge in [-0.1, -0.05) is 26.0 Å². The van der Waals surface area contributed by atoms with Crippen LogP contribution in [0.5, 0.6) is 5.75 Å². The number of aliphatic carboxylic acids is 1. The zero-order chi connectivity index (χ0) is 13.3. The second-order valence-corrected chi connectivity index (χ2v) is 5.61. The van der Waals surface area contributed by atoms with Crippen LogP contribution in [0.25, 0.3) is 0 Å². The molecule has 18 heavy (non-hydrogen) atoms. The Morgan fingerprint density at radius 2 is 2.11 bits per heavy atom. The number of hydrogen-bond acceptors (Lipinski definition) is 2. The number of carbonyl (C=O) groups is 1. The van der Waals surface area contributed by atoms with E-state index in [1.54, 1.807) is 0 Å². The van der Waals surface area contributed by atoms with Crippen LogP contribution < -0.4 is 4.74 Å². The first-order chi connectivity index (χ1) is 8.43. The second-order valence-electron chi connectivity index (χ2n) is 5.61. The zero-order valence-corrected chi connectivity index (χ0v) is 11.2. The molecule has 2 rings (SSSR count). The van der Waals surface area contributed by atoms with Crippen molar-refractivity contribution in [3.05, 3.63) is 29.3 Å². The number of carboxylic acid groups (broad SMARTS) is 1. The van der Waals surface area contributed by atoms with Crippen molar-refractivity contribution < 1.29 is 14.6 Å². The van der Waals surface area contributed by atoms with Crippen LogP contribution in [0.4, 0.5) is 0 Å². The van der Waals surface area contributed by atoms with Crippen molar-refractivity contribution in [3.8, 4) is 5.75 Å². The summed E-state index contributed by atoms with van der Waals surface area (Å²) in [5, 5.41) is 9.18. The van der Waals surface area contributed by atoms with Gasteiger partial charge in [-0.05, 0) is 36.5 Å². The molecule has 3 nitrogen and oxygen atoms in total. The number of hydrogen-bond donors (Lipinski definition) is 1. The molecule has 0 bridgehead atoms. The monoisotopic (exact) mass is 248 g/mol. The largest absolute Gasteiger partial charge is 0.478 e. The molecule has 0 aromatic heterocycles. The van der Waals surface area contributed by atoms with Crippen molar-refractivity contribution in [3.63, 3.8) is 0 Å². The maximum Gasteiger partial charge on any atom is 0.348 e. The Balaban J connectivity index is 2.25. The molecule has 0 radical (unpaired) electrons. The fourth-order valence-corrected chi connectivity index (χ4v) is 2.05. The van der Waals surface area contributed by atoms with Crippen molar-refractivity contribution in [2.75, 3.05) is 0 Å². The summed E-state index contributed by atoms with van der Waals surface area (Å²) in [6.07, 6.45) is 2.13. The number of rotatable bonds is 5. The summed E-state index contributed by atoms with van der Waals surface area (Å²) in [4.78, 5) is 11.2. The highest BCUT2D eigenvalue weighted by atomic mass is 16.5. The van der Waals surface area contributed by atoms with Crippen LogP contribution in [-0.4, -0.2) is 16.7 Å². The summed E-state index contributed by atoms with van der Waals surface area (Å²) in [5.41, 5.74) is 1.24. The highest BCUT2D eigenvalue weighted by Crippen LogP contribution is 2.41. The Morgan fingerprint density at radius 1 is 1.44 bits per heavy atom. The van der Waals surface area contributed by atoms with Gasteiger partial charge in [0.1, 0.15) is 5.75 Å². The Morgan fingerprint density at radius 3 is 2.61 bits per heavy atom. The molecule has 0 atom stereocenters. The van der Waals surface area contributed by atoms with Crippen LogP contribution in [0, 0.1) is 12.8 Å². The standard InChI is InChI=1S/C15H20O3/c1-10(2)8-12-5-4-11(3)9-13(12)18-15(6-7-15)14(16)17/h4-5,9-10H,6-8H2,1-3H3,(H,16,17). The van der Waals surface area contributed by atoms with Gasteiger partial charge in [0, 0.05) is 12.8 Å². The van der Waals surface area contributed by atoms with Crippen molar-refractivity contribution >= 4 is 5.97 Å². The third kappa shape index (κ3) is 2.66. The number of carboxylic acids is 1. The summed E-state index contributed by atoms with van der Waals surface area (Å²) in [7, 11) is 0. The first-order valence-corrected chi connectivity index (χ1v) is 6.45. The van der Waals surface area contributed by atoms with Gasteiger partial charge in [0.2, 0.25) is 5.60 Å². The third-order valence-corrected chi connectivity index (χ3v) is 3.25. The predicted octanol–water partition coefficient (Wildman–Crippen LogP) is 3.19. The Labute approximate surface area is 108 Å². The lowest BCUT2D eigenvalue weighted by atomic mass is 10.0. The molecule has 0 amide bonds. The van der Waals surface area contributed by atoms with Crippen LogP contribution >= 0.6 is 0 Å². The van der Waals surface area contributed by atoms with Crippen LogP contribution in [0.1, 0.15) is 37.8 Å². The van der Waals surface area contributed by atoms with Crippen LogP contribution in [0.3, 0.4) is 0 Å². The topological polar surface area (TPSA) is 46.5 Å². The fourth-order valence-electron chi connectivity index (χ4n) is 2.05. The Kier molecular flexibility index (Phi) is 3.33. The van der Waals surface area contributed by atoms with Crippen molar-refractivity contribution in [1.29, 1.82) is 0 Å². The van der Waals surface area contributed by atoms with E-state index in [0.717, 1.165) is 23.3 Å². The van der Waals surface area contributed by atoms with Crippen molar-refractivity contribution in [1.82, 2.24) is 0 Å². The average Bonchev–Trinajstić information content (AvgIpc) is 3.03. The minimum absolute atomic E-state index is 0.523. The molecule has 0 saturated heterocycles. The van der Waals surface area contributed by atoms with E-state index in [1.807, 2.05) is 25.1 Å². The molecule has 0 unspecified atom stereocenters. The summed E-state index contributed by atoms with van der Waals surface area (Å²) in [6, 6.07) is 6.04. The van der Waals surface area contributed by atoms with E-state index in [9.17, 15) is 9.90 Å². The normalized spacial score (nSPS) is 16.7. The smallest absolute Gasteiger partial charge is 0.348 e. The Bertz CT molecular complexity index is 459. The average molecular weight is 248 g/mol. The molecular formula is C15H20O3. The molecule has 0 spiro atoms. The van der Waals surface area contributed by atoms with E-state index in [2.05, 4.69) is 13.8 Å². The SMILES string of the molecule is Cc1ccc(CC(C)C)c(OC2(C(=O)O)CC2)c1. The lowest BCUT2D eigenvalue weighted by molar-refractivity contribution is -0.147. The Hall–Kier alpha value is -1.51. The van der Waals surface area contributed by atoms with E-state index < -0.39 is 11.6 Å². The second kappa shape index (κ2) is 4.63. The minimum atomic E-state index is -0.959. The molecule has 98 valence electrons. The van der Waals surface area contributed by atoms with Gasteiger partial charge < -0.3 is 9.84 Å². The molecule has 0 aliphatic heterocycles. The number of benzene rings is 1. The zero-order valence-electron chi connectivity index (χ0n) is 11.2. The molecule has 1 saturated carbocycles. The number of ether oxygens (including phenoxy) is 1. The van der Waals surface area contributed by atoms with E-state index in [4.69, 9.17) is 4.74 Å². The quantitative estimate of drug-likeness (QED) is 0.870.